The van der Waals surface area contributed by atoms with Gasteiger partial charge in [-0.3, -0.25) is 0 Å². The van der Waals surface area contributed by atoms with Crippen LogP contribution in [0.25, 0.3) is 85.9 Å². The lowest BCUT2D eigenvalue weighted by Crippen LogP contribution is -2.01. The van der Waals surface area contributed by atoms with Crippen molar-refractivity contribution in [3.63, 3.8) is 0 Å². The Bertz CT molecular complexity index is 2810. The first-order chi connectivity index (χ1) is 22.6. The summed E-state index contributed by atoms with van der Waals surface area (Å²) in [6.45, 7) is 0. The van der Waals surface area contributed by atoms with Crippen LogP contribution in [-0.4, -0.2) is 8.42 Å². The molecule has 10 rings (SSSR count). The van der Waals surface area contributed by atoms with Crippen LogP contribution in [0, 0.1) is 0 Å². The van der Waals surface area contributed by atoms with E-state index in [4.69, 9.17) is 0 Å². The molecule has 0 unspecified atom stereocenters. The summed E-state index contributed by atoms with van der Waals surface area (Å²) in [6.07, 6.45) is 0. The molecule has 0 bridgehead atoms. The Balaban J connectivity index is 1.46. The highest BCUT2D eigenvalue weighted by molar-refractivity contribution is 7.92. The third-order valence-corrected chi connectivity index (χ3v) is 12.6. The van der Waals surface area contributed by atoms with Crippen LogP contribution in [0.1, 0.15) is 0 Å². The molecule has 0 atom stereocenters. The summed E-state index contributed by atoms with van der Waals surface area (Å²) in [7, 11) is -3.84. The summed E-state index contributed by atoms with van der Waals surface area (Å²) in [6, 6.07) is 49.8. The van der Waals surface area contributed by atoms with Gasteiger partial charge in [0.15, 0.2) is 0 Å². The SMILES string of the molecule is O=S1(=O)c2ccccc2-c2c1c(-c1c3ccccc3c(-c3ccccc3)c3ccccc13)cc1ccc3sc4ccccc4c3c21. The fourth-order valence-electron chi connectivity index (χ4n) is 7.77. The fraction of sp³-hybridized carbons (Fsp3) is 0. The van der Waals surface area contributed by atoms with Crippen LogP contribution in [0.4, 0.5) is 0 Å². The van der Waals surface area contributed by atoms with Gasteiger partial charge in [-0.15, -0.1) is 11.3 Å². The van der Waals surface area contributed by atoms with E-state index in [0.29, 0.717) is 9.79 Å². The van der Waals surface area contributed by atoms with E-state index >= 15 is 0 Å². The van der Waals surface area contributed by atoms with Crippen molar-refractivity contribution < 1.29 is 8.42 Å². The predicted octanol–water partition coefficient (Wildman–Crippen LogP) is 11.7. The van der Waals surface area contributed by atoms with E-state index in [1.54, 1.807) is 17.4 Å². The van der Waals surface area contributed by atoms with Gasteiger partial charge in [-0.1, -0.05) is 121 Å². The first kappa shape index (κ1) is 26.0. The second-order valence-corrected chi connectivity index (χ2v) is 14.9. The molecule has 8 aromatic carbocycles. The highest BCUT2D eigenvalue weighted by Gasteiger charge is 2.38. The minimum atomic E-state index is -3.84. The van der Waals surface area contributed by atoms with Gasteiger partial charge in [-0.2, -0.15) is 0 Å². The van der Waals surface area contributed by atoms with Crippen LogP contribution < -0.4 is 0 Å². The molecule has 4 heteroatoms. The lowest BCUT2D eigenvalue weighted by molar-refractivity contribution is 0.599. The van der Waals surface area contributed by atoms with E-state index in [1.165, 1.54) is 4.70 Å². The maximum Gasteiger partial charge on any atom is 0.208 e. The molecule has 0 amide bonds. The summed E-state index contributed by atoms with van der Waals surface area (Å²) in [5.74, 6) is 0. The summed E-state index contributed by atoms with van der Waals surface area (Å²) in [5, 5.41) is 8.61. The van der Waals surface area contributed by atoms with Gasteiger partial charge >= 0.3 is 0 Å². The van der Waals surface area contributed by atoms with Crippen LogP contribution in [-0.2, 0) is 9.84 Å². The molecular formula is C42H24O2S2. The molecule has 2 heterocycles. The first-order valence-electron chi connectivity index (χ1n) is 15.4. The van der Waals surface area contributed by atoms with Crippen molar-refractivity contribution in [2.24, 2.45) is 0 Å². The van der Waals surface area contributed by atoms with Crippen LogP contribution in [0.2, 0.25) is 0 Å². The zero-order chi connectivity index (χ0) is 30.6. The Morgan fingerprint density at radius 2 is 1.02 bits per heavy atom. The number of rotatable bonds is 2. The number of hydrogen-bond donors (Lipinski definition) is 0. The Morgan fingerprint density at radius 1 is 0.435 bits per heavy atom. The van der Waals surface area contributed by atoms with E-state index in [-0.39, 0.29) is 0 Å². The normalized spacial score (nSPS) is 13.6. The van der Waals surface area contributed by atoms with Crippen LogP contribution in [0.15, 0.2) is 155 Å². The minimum absolute atomic E-state index is 0.379. The van der Waals surface area contributed by atoms with Crippen LogP contribution in [0.5, 0.6) is 0 Å². The molecule has 0 fully saturated rings. The minimum Gasteiger partial charge on any atom is -0.218 e. The molecule has 2 nitrogen and oxygen atoms in total. The second-order valence-electron chi connectivity index (χ2n) is 12.0. The van der Waals surface area contributed by atoms with E-state index < -0.39 is 9.84 Å². The number of hydrogen-bond acceptors (Lipinski definition) is 3. The molecule has 0 spiro atoms. The molecular weight excluding hydrogens is 601 g/mol. The zero-order valence-corrected chi connectivity index (χ0v) is 26.1. The molecule has 46 heavy (non-hydrogen) atoms. The third kappa shape index (κ3) is 3.38. The van der Waals surface area contributed by atoms with Gasteiger partial charge in [0.2, 0.25) is 9.84 Å². The Morgan fingerprint density at radius 3 is 1.74 bits per heavy atom. The average Bonchev–Trinajstić information content (AvgIpc) is 3.60. The summed E-state index contributed by atoms with van der Waals surface area (Å²) in [5.41, 5.74) is 5.60. The lowest BCUT2D eigenvalue weighted by Gasteiger charge is -2.20. The fourth-order valence-corrected chi connectivity index (χ4v) is 10.7. The molecule has 0 saturated heterocycles. The largest absolute Gasteiger partial charge is 0.218 e. The van der Waals surface area contributed by atoms with Gasteiger partial charge in [-0.05, 0) is 67.9 Å². The molecule has 0 radical (unpaired) electrons. The van der Waals surface area contributed by atoms with Gasteiger partial charge in [0.25, 0.3) is 0 Å². The number of sulfone groups is 1. The topological polar surface area (TPSA) is 34.1 Å². The van der Waals surface area contributed by atoms with E-state index in [2.05, 4.69) is 115 Å². The predicted molar refractivity (Wildman–Crippen MR) is 194 cm³/mol. The quantitative estimate of drug-likeness (QED) is 0.179. The molecule has 0 saturated carbocycles. The Hall–Kier alpha value is -5.29. The van der Waals surface area contributed by atoms with Gasteiger partial charge < -0.3 is 0 Å². The second kappa shape index (κ2) is 9.37. The Kier molecular flexibility index (Phi) is 5.29. The van der Waals surface area contributed by atoms with Gasteiger partial charge in [0.05, 0.1) is 9.79 Å². The standard InChI is InChI=1S/C42H24O2S2/c43-46(44)36-21-11-9-19-32(36)41-38-26(22-23-35-40(38)31-18-8-10-20-34(31)45-35)24-33(42(41)46)39-29-16-6-4-14-27(29)37(25-12-2-1-3-13-25)28-15-5-7-17-30(28)39/h1-24H. The Labute approximate surface area is 269 Å². The highest BCUT2D eigenvalue weighted by atomic mass is 32.2. The van der Waals surface area contributed by atoms with Gasteiger partial charge in [-0.25, -0.2) is 8.42 Å². The van der Waals surface area contributed by atoms with Crippen molar-refractivity contribution in [2.45, 2.75) is 9.79 Å². The maximum absolute atomic E-state index is 14.8. The van der Waals surface area contributed by atoms with Crippen molar-refractivity contribution in [2.75, 3.05) is 0 Å². The molecule has 216 valence electrons. The zero-order valence-electron chi connectivity index (χ0n) is 24.5. The van der Waals surface area contributed by atoms with Crippen LogP contribution in [0.3, 0.4) is 0 Å². The van der Waals surface area contributed by atoms with E-state index in [1.807, 2.05) is 24.3 Å². The average molecular weight is 625 g/mol. The van der Waals surface area contributed by atoms with Gasteiger partial charge in [0.1, 0.15) is 0 Å². The van der Waals surface area contributed by atoms with Crippen molar-refractivity contribution in [3.05, 3.63) is 146 Å². The summed E-state index contributed by atoms with van der Waals surface area (Å²) in [4.78, 5) is 0.788. The highest BCUT2D eigenvalue weighted by Crippen LogP contribution is 2.55. The third-order valence-electron chi connectivity index (χ3n) is 9.58. The first-order valence-corrected chi connectivity index (χ1v) is 17.7. The number of fused-ring (bicyclic) bond motifs is 11. The monoisotopic (exact) mass is 624 g/mol. The summed E-state index contributed by atoms with van der Waals surface area (Å²) >= 11 is 1.76. The molecule has 1 aliphatic heterocycles. The number of benzene rings is 8. The molecule has 1 aromatic heterocycles. The lowest BCUT2D eigenvalue weighted by atomic mass is 9.84. The molecule has 0 N–H and O–H groups in total. The van der Waals surface area contributed by atoms with Crippen molar-refractivity contribution >= 4 is 73.7 Å². The van der Waals surface area contributed by atoms with Gasteiger partial charge in [0, 0.05) is 42.2 Å². The van der Waals surface area contributed by atoms with E-state index in [9.17, 15) is 8.42 Å². The van der Waals surface area contributed by atoms with Crippen molar-refractivity contribution in [1.29, 1.82) is 0 Å². The molecule has 0 aliphatic carbocycles. The van der Waals surface area contributed by atoms with Crippen molar-refractivity contribution in [3.8, 4) is 33.4 Å². The van der Waals surface area contributed by atoms with Crippen molar-refractivity contribution in [1.82, 2.24) is 0 Å². The maximum atomic E-state index is 14.8. The molecule has 1 aliphatic rings. The molecule has 9 aromatic rings. The van der Waals surface area contributed by atoms with Crippen LogP contribution >= 0.6 is 11.3 Å². The van der Waals surface area contributed by atoms with E-state index in [0.717, 1.165) is 81.2 Å². The summed E-state index contributed by atoms with van der Waals surface area (Å²) < 4.78 is 32.0. The number of thiophene rings is 1. The smallest absolute Gasteiger partial charge is 0.208 e.